The van der Waals surface area contributed by atoms with E-state index in [1.807, 2.05) is 35.6 Å². The standard InChI is InChI=1S/C19H18ClNOS2/c20-14-5-3-13(4-6-14)16(22)12-21-9-7-17-15(8-11-24-17)19(21)18-2-1-10-23-18/h1-6,8,10-11,16,19,22H,7,9,12H2/t16-,19+/m0/s1. The molecule has 0 aliphatic carbocycles. The van der Waals surface area contributed by atoms with Gasteiger partial charge in [-0.1, -0.05) is 29.8 Å². The van der Waals surface area contributed by atoms with Crippen molar-refractivity contribution in [2.45, 2.75) is 18.6 Å². The maximum Gasteiger partial charge on any atom is 0.0917 e. The van der Waals surface area contributed by atoms with E-state index < -0.39 is 6.10 Å². The summed E-state index contributed by atoms with van der Waals surface area (Å²) in [4.78, 5) is 5.23. The smallest absolute Gasteiger partial charge is 0.0917 e. The van der Waals surface area contributed by atoms with Crippen molar-refractivity contribution in [1.29, 1.82) is 0 Å². The van der Waals surface area contributed by atoms with E-state index in [2.05, 4.69) is 33.9 Å². The molecule has 0 radical (unpaired) electrons. The lowest BCUT2D eigenvalue weighted by Gasteiger charge is -2.36. The van der Waals surface area contributed by atoms with Gasteiger partial charge < -0.3 is 5.11 Å². The van der Waals surface area contributed by atoms with Crippen LogP contribution in [0.3, 0.4) is 0 Å². The Morgan fingerprint density at radius 2 is 1.96 bits per heavy atom. The van der Waals surface area contributed by atoms with Gasteiger partial charge >= 0.3 is 0 Å². The largest absolute Gasteiger partial charge is 0.387 e. The van der Waals surface area contributed by atoms with E-state index in [9.17, 15) is 5.11 Å². The fourth-order valence-electron chi connectivity index (χ4n) is 3.36. The monoisotopic (exact) mass is 375 g/mol. The van der Waals surface area contributed by atoms with Gasteiger partial charge in [0.05, 0.1) is 12.1 Å². The number of nitrogens with zero attached hydrogens (tertiary/aromatic N) is 1. The molecule has 1 N–H and O–H groups in total. The van der Waals surface area contributed by atoms with Crippen molar-refractivity contribution in [3.05, 3.63) is 79.1 Å². The number of benzene rings is 1. The highest BCUT2D eigenvalue weighted by Gasteiger charge is 2.31. The third kappa shape index (κ3) is 3.17. The van der Waals surface area contributed by atoms with Crippen LogP contribution in [0.4, 0.5) is 0 Å². The second kappa shape index (κ2) is 6.98. The molecule has 0 fully saturated rings. The lowest BCUT2D eigenvalue weighted by Crippen LogP contribution is -2.37. The second-order valence-electron chi connectivity index (χ2n) is 6.03. The first-order valence-corrected chi connectivity index (χ1v) is 10.1. The Labute approximate surface area is 155 Å². The number of aliphatic hydroxyl groups excluding tert-OH is 1. The van der Waals surface area contributed by atoms with Crippen LogP contribution in [0.2, 0.25) is 5.02 Å². The summed E-state index contributed by atoms with van der Waals surface area (Å²) in [7, 11) is 0. The summed E-state index contributed by atoms with van der Waals surface area (Å²) >= 11 is 9.59. The summed E-state index contributed by atoms with van der Waals surface area (Å²) in [6.07, 6.45) is 0.548. The summed E-state index contributed by atoms with van der Waals surface area (Å²) in [6, 6.07) is 14.3. The predicted octanol–water partition coefficient (Wildman–Crippen LogP) is 5.14. The molecule has 3 aromatic rings. The molecule has 0 saturated carbocycles. The minimum absolute atomic E-state index is 0.252. The first kappa shape index (κ1) is 16.3. The molecule has 124 valence electrons. The molecular weight excluding hydrogens is 358 g/mol. The van der Waals surface area contributed by atoms with Crippen molar-refractivity contribution in [2.24, 2.45) is 0 Å². The van der Waals surface area contributed by atoms with Gasteiger partial charge in [-0.15, -0.1) is 22.7 Å². The average Bonchev–Trinajstić information content (AvgIpc) is 3.26. The Hall–Kier alpha value is -1.17. The van der Waals surface area contributed by atoms with Gasteiger partial charge in [-0.25, -0.2) is 0 Å². The van der Waals surface area contributed by atoms with E-state index in [4.69, 9.17) is 11.6 Å². The Morgan fingerprint density at radius 1 is 1.12 bits per heavy atom. The highest BCUT2D eigenvalue weighted by Crippen LogP contribution is 2.40. The average molecular weight is 376 g/mol. The SMILES string of the molecule is O[C@@H](CN1CCc2sccc2[C@@H]1c1cccs1)c1ccc(Cl)cc1. The number of aliphatic hydroxyl groups is 1. The maximum atomic E-state index is 10.7. The molecule has 1 aliphatic rings. The number of β-amino-alcohol motifs (C(OH)–C–C–N with tert-alkyl or cyclic N) is 1. The van der Waals surface area contributed by atoms with Crippen molar-refractivity contribution in [3.8, 4) is 0 Å². The number of fused-ring (bicyclic) bond motifs is 1. The third-order valence-electron chi connectivity index (χ3n) is 4.54. The Bertz CT molecular complexity index is 797. The van der Waals surface area contributed by atoms with Gasteiger partial charge in [-0.3, -0.25) is 4.90 Å². The molecule has 0 spiro atoms. The van der Waals surface area contributed by atoms with Gasteiger partial charge in [0.2, 0.25) is 0 Å². The number of rotatable bonds is 4. The summed E-state index contributed by atoms with van der Waals surface area (Å²) in [5.74, 6) is 0. The van der Waals surface area contributed by atoms with Gasteiger partial charge in [0.1, 0.15) is 0 Å². The van der Waals surface area contributed by atoms with Gasteiger partial charge in [0.25, 0.3) is 0 Å². The molecule has 0 saturated heterocycles. The number of hydrogen-bond acceptors (Lipinski definition) is 4. The van der Waals surface area contributed by atoms with Gasteiger partial charge in [0.15, 0.2) is 0 Å². The predicted molar refractivity (Wildman–Crippen MR) is 102 cm³/mol. The lowest BCUT2D eigenvalue weighted by molar-refractivity contribution is 0.0936. The van der Waals surface area contributed by atoms with Crippen LogP contribution in [0.15, 0.2) is 53.2 Å². The molecule has 5 heteroatoms. The van der Waals surface area contributed by atoms with E-state index in [1.165, 1.54) is 15.3 Å². The quantitative estimate of drug-likeness (QED) is 0.682. The highest BCUT2D eigenvalue weighted by atomic mass is 35.5. The molecule has 2 aromatic heterocycles. The van der Waals surface area contributed by atoms with E-state index >= 15 is 0 Å². The minimum atomic E-state index is -0.509. The topological polar surface area (TPSA) is 23.5 Å². The molecule has 3 heterocycles. The third-order valence-corrected chi connectivity index (χ3v) is 6.71. The fraction of sp³-hybridized carbons (Fsp3) is 0.263. The minimum Gasteiger partial charge on any atom is -0.387 e. The molecular formula is C19H18ClNOS2. The van der Waals surface area contributed by atoms with Crippen LogP contribution in [-0.4, -0.2) is 23.1 Å². The van der Waals surface area contributed by atoms with Crippen LogP contribution >= 0.6 is 34.3 Å². The van der Waals surface area contributed by atoms with Crippen molar-refractivity contribution in [3.63, 3.8) is 0 Å². The molecule has 1 aliphatic heterocycles. The molecule has 2 atom stereocenters. The summed E-state index contributed by atoms with van der Waals surface area (Å²) in [5, 5.41) is 15.7. The molecule has 0 unspecified atom stereocenters. The summed E-state index contributed by atoms with van der Waals surface area (Å²) in [6.45, 7) is 1.60. The molecule has 24 heavy (non-hydrogen) atoms. The lowest BCUT2D eigenvalue weighted by atomic mass is 9.97. The van der Waals surface area contributed by atoms with Crippen LogP contribution in [0.1, 0.15) is 33.0 Å². The van der Waals surface area contributed by atoms with Crippen LogP contribution in [-0.2, 0) is 6.42 Å². The molecule has 0 amide bonds. The maximum absolute atomic E-state index is 10.7. The van der Waals surface area contributed by atoms with Gasteiger partial charge in [-0.2, -0.15) is 0 Å². The normalized spacial score (nSPS) is 19.2. The molecule has 4 rings (SSSR count). The van der Waals surface area contributed by atoms with Crippen molar-refractivity contribution < 1.29 is 5.11 Å². The zero-order valence-corrected chi connectivity index (χ0v) is 15.4. The van der Waals surface area contributed by atoms with Gasteiger partial charge in [-0.05, 0) is 52.6 Å². The fourth-order valence-corrected chi connectivity index (χ4v) is 5.26. The number of thiophene rings is 2. The Balaban J connectivity index is 1.60. The van der Waals surface area contributed by atoms with Crippen molar-refractivity contribution in [1.82, 2.24) is 4.90 Å². The molecule has 1 aromatic carbocycles. The Morgan fingerprint density at radius 3 is 2.71 bits per heavy atom. The summed E-state index contributed by atoms with van der Waals surface area (Å²) < 4.78 is 0. The van der Waals surface area contributed by atoms with Crippen LogP contribution in [0, 0.1) is 0 Å². The van der Waals surface area contributed by atoms with E-state index in [1.54, 1.807) is 11.3 Å². The van der Waals surface area contributed by atoms with Gasteiger partial charge in [0, 0.05) is 27.9 Å². The van der Waals surface area contributed by atoms with Crippen LogP contribution < -0.4 is 0 Å². The van der Waals surface area contributed by atoms with Crippen molar-refractivity contribution in [2.75, 3.05) is 13.1 Å². The first-order valence-electron chi connectivity index (χ1n) is 7.99. The number of hydrogen-bond donors (Lipinski definition) is 1. The molecule has 2 nitrogen and oxygen atoms in total. The van der Waals surface area contributed by atoms with Crippen LogP contribution in [0.25, 0.3) is 0 Å². The zero-order chi connectivity index (χ0) is 16.5. The molecule has 0 bridgehead atoms. The van der Waals surface area contributed by atoms with Crippen LogP contribution in [0.5, 0.6) is 0 Å². The second-order valence-corrected chi connectivity index (χ2v) is 8.45. The van der Waals surface area contributed by atoms with E-state index in [-0.39, 0.29) is 6.04 Å². The highest BCUT2D eigenvalue weighted by molar-refractivity contribution is 7.10. The van der Waals surface area contributed by atoms with Crippen molar-refractivity contribution >= 4 is 34.3 Å². The first-order chi connectivity index (χ1) is 11.7. The Kier molecular flexibility index (Phi) is 4.74. The zero-order valence-electron chi connectivity index (χ0n) is 13.1. The van der Waals surface area contributed by atoms with E-state index in [0.29, 0.717) is 11.6 Å². The number of halogens is 1. The van der Waals surface area contributed by atoms with E-state index in [0.717, 1.165) is 18.5 Å². The summed E-state index contributed by atoms with van der Waals surface area (Å²) in [5.41, 5.74) is 2.32.